The SMILES string of the molecule is Cc1cc(C)c2nc(NC(=O)c3ccc(-c4cc5ccccc5oc4=O)cc3)sc2c1. The van der Waals surface area contributed by atoms with Gasteiger partial charge in [0.25, 0.3) is 5.91 Å². The van der Waals surface area contributed by atoms with Gasteiger partial charge in [-0.1, -0.05) is 47.7 Å². The molecule has 5 aromatic rings. The summed E-state index contributed by atoms with van der Waals surface area (Å²) in [6.07, 6.45) is 0. The quantitative estimate of drug-likeness (QED) is 0.363. The molecule has 1 N–H and O–H groups in total. The Balaban J connectivity index is 1.41. The van der Waals surface area contributed by atoms with Gasteiger partial charge in [0.2, 0.25) is 0 Å². The maximum absolute atomic E-state index is 12.7. The molecule has 6 heteroatoms. The van der Waals surface area contributed by atoms with Gasteiger partial charge >= 0.3 is 5.63 Å². The number of benzene rings is 3. The Morgan fingerprint density at radius 1 is 1.00 bits per heavy atom. The largest absolute Gasteiger partial charge is 0.422 e. The first kappa shape index (κ1) is 19.2. The number of rotatable bonds is 3. The van der Waals surface area contributed by atoms with Crippen LogP contribution in [-0.4, -0.2) is 10.9 Å². The normalized spacial score (nSPS) is 11.2. The Morgan fingerprint density at radius 2 is 1.77 bits per heavy atom. The maximum atomic E-state index is 12.7. The first-order chi connectivity index (χ1) is 15.0. The molecule has 2 heterocycles. The van der Waals surface area contributed by atoms with E-state index in [0.29, 0.717) is 27.4 Å². The topological polar surface area (TPSA) is 72.2 Å². The molecule has 2 aromatic heterocycles. The van der Waals surface area contributed by atoms with E-state index in [1.54, 1.807) is 30.3 Å². The molecule has 0 bridgehead atoms. The second kappa shape index (κ2) is 7.49. The molecule has 0 saturated carbocycles. The van der Waals surface area contributed by atoms with Gasteiger partial charge in [0, 0.05) is 10.9 Å². The van der Waals surface area contributed by atoms with E-state index < -0.39 is 5.63 Å². The number of hydrogen-bond donors (Lipinski definition) is 1. The summed E-state index contributed by atoms with van der Waals surface area (Å²) in [5.41, 5.74) is 4.95. The molecule has 0 aliphatic heterocycles. The molecule has 0 fully saturated rings. The number of fused-ring (bicyclic) bond motifs is 2. The number of thiazole rings is 1. The third-order valence-corrected chi connectivity index (χ3v) is 6.07. The molecular formula is C25H18N2O3S. The Hall–Kier alpha value is -3.77. The predicted molar refractivity (Wildman–Crippen MR) is 125 cm³/mol. The number of amides is 1. The fourth-order valence-corrected chi connectivity index (χ4v) is 4.69. The van der Waals surface area contributed by atoms with Crippen LogP contribution in [0.4, 0.5) is 5.13 Å². The molecule has 0 unspecified atom stereocenters. The maximum Gasteiger partial charge on any atom is 0.344 e. The van der Waals surface area contributed by atoms with E-state index in [2.05, 4.69) is 22.4 Å². The molecule has 31 heavy (non-hydrogen) atoms. The molecule has 0 aliphatic carbocycles. The minimum atomic E-state index is -0.406. The molecule has 1 amide bonds. The van der Waals surface area contributed by atoms with Gasteiger partial charge in [-0.15, -0.1) is 0 Å². The highest BCUT2D eigenvalue weighted by atomic mass is 32.1. The molecule has 3 aromatic carbocycles. The van der Waals surface area contributed by atoms with E-state index in [1.165, 1.54) is 16.9 Å². The number of carbonyl (C=O) groups excluding carboxylic acids is 1. The summed E-state index contributed by atoms with van der Waals surface area (Å²) in [5.74, 6) is -0.245. The Kier molecular flexibility index (Phi) is 4.64. The van der Waals surface area contributed by atoms with E-state index >= 15 is 0 Å². The van der Waals surface area contributed by atoms with Gasteiger partial charge in [-0.25, -0.2) is 9.78 Å². The summed E-state index contributed by atoms with van der Waals surface area (Å²) in [6, 6.07) is 20.2. The average molecular weight is 426 g/mol. The van der Waals surface area contributed by atoms with Crippen LogP contribution in [0, 0.1) is 13.8 Å². The van der Waals surface area contributed by atoms with Crippen LogP contribution in [0.5, 0.6) is 0 Å². The van der Waals surface area contributed by atoms with Crippen molar-refractivity contribution in [2.75, 3.05) is 5.32 Å². The van der Waals surface area contributed by atoms with Gasteiger partial charge in [0.15, 0.2) is 5.13 Å². The lowest BCUT2D eigenvalue weighted by Gasteiger charge is -2.05. The second-order valence-electron chi connectivity index (χ2n) is 7.46. The Bertz CT molecular complexity index is 1510. The summed E-state index contributed by atoms with van der Waals surface area (Å²) in [5, 5.41) is 4.29. The lowest BCUT2D eigenvalue weighted by atomic mass is 10.0. The summed E-state index contributed by atoms with van der Waals surface area (Å²) < 4.78 is 6.46. The third-order valence-electron chi connectivity index (χ3n) is 5.15. The molecule has 0 saturated heterocycles. The van der Waals surface area contributed by atoms with Crippen LogP contribution < -0.4 is 10.9 Å². The molecule has 5 nitrogen and oxygen atoms in total. The molecule has 152 valence electrons. The predicted octanol–water partition coefficient (Wildman–Crippen LogP) is 5.94. The van der Waals surface area contributed by atoms with Crippen LogP contribution in [-0.2, 0) is 0 Å². The van der Waals surface area contributed by atoms with Crippen LogP contribution in [0.1, 0.15) is 21.5 Å². The summed E-state index contributed by atoms with van der Waals surface area (Å²) in [4.78, 5) is 29.6. The first-order valence-corrected chi connectivity index (χ1v) is 10.6. The van der Waals surface area contributed by atoms with Crippen LogP contribution in [0.15, 0.2) is 75.9 Å². The van der Waals surface area contributed by atoms with Crippen LogP contribution in [0.3, 0.4) is 0 Å². The second-order valence-corrected chi connectivity index (χ2v) is 8.50. The van der Waals surface area contributed by atoms with Crippen molar-refractivity contribution in [3.05, 3.63) is 93.8 Å². The van der Waals surface area contributed by atoms with Crippen molar-refractivity contribution >= 4 is 43.6 Å². The number of nitrogens with zero attached hydrogens (tertiary/aromatic N) is 1. The van der Waals surface area contributed by atoms with Crippen molar-refractivity contribution in [2.24, 2.45) is 0 Å². The lowest BCUT2D eigenvalue weighted by molar-refractivity contribution is 0.102. The van der Waals surface area contributed by atoms with Gasteiger partial charge in [0.05, 0.1) is 15.8 Å². The van der Waals surface area contributed by atoms with Crippen molar-refractivity contribution < 1.29 is 9.21 Å². The lowest BCUT2D eigenvalue weighted by Crippen LogP contribution is -2.11. The summed E-state index contributed by atoms with van der Waals surface area (Å²) in [7, 11) is 0. The molecule has 0 radical (unpaired) electrons. The highest BCUT2D eigenvalue weighted by Crippen LogP contribution is 2.29. The van der Waals surface area contributed by atoms with Gasteiger partial charge in [-0.05, 0) is 60.9 Å². The molecular weight excluding hydrogens is 408 g/mol. The van der Waals surface area contributed by atoms with E-state index in [9.17, 15) is 9.59 Å². The van der Waals surface area contributed by atoms with E-state index in [0.717, 1.165) is 21.2 Å². The summed E-state index contributed by atoms with van der Waals surface area (Å²) >= 11 is 1.45. The minimum absolute atomic E-state index is 0.245. The number of aromatic nitrogens is 1. The van der Waals surface area contributed by atoms with Gasteiger partial charge in [-0.2, -0.15) is 0 Å². The fourth-order valence-electron chi connectivity index (χ4n) is 3.66. The number of para-hydroxylation sites is 1. The van der Waals surface area contributed by atoms with Crippen LogP contribution in [0.25, 0.3) is 32.3 Å². The van der Waals surface area contributed by atoms with E-state index in [4.69, 9.17) is 4.42 Å². The summed E-state index contributed by atoms with van der Waals surface area (Å²) in [6.45, 7) is 4.06. The number of anilines is 1. The number of nitrogens with one attached hydrogen (secondary N) is 1. The highest BCUT2D eigenvalue weighted by molar-refractivity contribution is 7.22. The standard InChI is InChI=1S/C25H18N2O3S/c1-14-11-15(2)22-21(12-14)31-25(26-22)27-23(28)17-9-7-16(8-10-17)19-13-18-5-3-4-6-20(18)30-24(19)29/h3-13H,1-2H3,(H,26,27,28). The number of carbonyl (C=O) groups is 1. The van der Waals surface area contributed by atoms with Crippen LogP contribution >= 0.6 is 11.3 Å². The fraction of sp³-hybridized carbons (Fsp3) is 0.0800. The highest BCUT2D eigenvalue weighted by Gasteiger charge is 2.13. The van der Waals surface area contributed by atoms with Gasteiger partial charge in [-0.3, -0.25) is 10.1 Å². The van der Waals surface area contributed by atoms with E-state index in [-0.39, 0.29) is 5.91 Å². The van der Waals surface area contributed by atoms with Crippen molar-refractivity contribution in [1.29, 1.82) is 0 Å². The third kappa shape index (κ3) is 3.62. The molecule has 0 aliphatic rings. The molecule has 5 rings (SSSR count). The molecule has 0 spiro atoms. The van der Waals surface area contributed by atoms with Crippen molar-refractivity contribution in [2.45, 2.75) is 13.8 Å². The number of hydrogen-bond acceptors (Lipinski definition) is 5. The molecule has 0 atom stereocenters. The zero-order valence-electron chi connectivity index (χ0n) is 16.9. The van der Waals surface area contributed by atoms with Gasteiger partial charge in [0.1, 0.15) is 5.58 Å². The first-order valence-electron chi connectivity index (χ1n) is 9.80. The van der Waals surface area contributed by atoms with Crippen LogP contribution in [0.2, 0.25) is 0 Å². The number of aryl methyl sites for hydroxylation is 2. The Labute approximate surface area is 182 Å². The monoisotopic (exact) mass is 426 g/mol. The van der Waals surface area contributed by atoms with Crippen molar-refractivity contribution in [3.63, 3.8) is 0 Å². The zero-order chi connectivity index (χ0) is 21.5. The minimum Gasteiger partial charge on any atom is -0.422 e. The van der Waals surface area contributed by atoms with Gasteiger partial charge < -0.3 is 4.42 Å². The Morgan fingerprint density at radius 3 is 2.58 bits per heavy atom. The average Bonchev–Trinajstić information content (AvgIpc) is 3.16. The zero-order valence-corrected chi connectivity index (χ0v) is 17.7. The smallest absolute Gasteiger partial charge is 0.344 e. The van der Waals surface area contributed by atoms with Crippen molar-refractivity contribution in [3.8, 4) is 11.1 Å². The van der Waals surface area contributed by atoms with Crippen molar-refractivity contribution in [1.82, 2.24) is 4.98 Å². The van der Waals surface area contributed by atoms with E-state index in [1.807, 2.05) is 38.1 Å².